The van der Waals surface area contributed by atoms with Crippen LogP contribution in [0.4, 0.5) is 5.82 Å². The van der Waals surface area contributed by atoms with E-state index in [0.717, 1.165) is 32.3 Å². The van der Waals surface area contributed by atoms with Crippen LogP contribution in [-0.4, -0.2) is 91.4 Å². The number of hydrogen-bond donors (Lipinski definition) is 1. The summed E-state index contributed by atoms with van der Waals surface area (Å²) in [5.41, 5.74) is -0.322. The highest BCUT2D eigenvalue weighted by Gasteiger charge is 2.38. The van der Waals surface area contributed by atoms with Crippen LogP contribution in [0.5, 0.6) is 0 Å². The number of nitrogens with one attached hydrogen (secondary N) is 1. The molecule has 1 aromatic heterocycles. The van der Waals surface area contributed by atoms with Crippen LogP contribution in [0.25, 0.3) is 0 Å². The maximum absolute atomic E-state index is 12.8. The summed E-state index contributed by atoms with van der Waals surface area (Å²) in [5, 5.41) is 3.21. The van der Waals surface area contributed by atoms with Crippen molar-refractivity contribution in [3.8, 4) is 0 Å². The highest BCUT2D eigenvalue weighted by Crippen LogP contribution is 2.46. The summed E-state index contributed by atoms with van der Waals surface area (Å²) >= 11 is 0. The Kier molecular flexibility index (Phi) is 16.7. The lowest BCUT2D eigenvalue weighted by molar-refractivity contribution is -0.0176. The van der Waals surface area contributed by atoms with Gasteiger partial charge in [-0.3, -0.25) is 9.24 Å². The number of hydrogen-bond acceptors (Lipinski definition) is 9. The van der Waals surface area contributed by atoms with E-state index >= 15 is 0 Å². The lowest BCUT2D eigenvalue weighted by Crippen LogP contribution is -2.34. The summed E-state index contributed by atoms with van der Waals surface area (Å²) in [6.45, 7) is 19.6. The second kappa shape index (κ2) is 19.1. The molecule has 1 unspecified atom stereocenters. The molecule has 1 aliphatic heterocycles. The maximum Gasteiger partial charge on any atom is 0.351 e. The van der Waals surface area contributed by atoms with Crippen molar-refractivity contribution in [2.75, 3.05) is 58.2 Å². The lowest BCUT2D eigenvalue weighted by Gasteiger charge is -2.37. The largest absolute Gasteiger partial charge is 0.379 e. The first-order valence-corrected chi connectivity index (χ1v) is 16.3. The predicted molar refractivity (Wildman–Crippen MR) is 158 cm³/mol. The van der Waals surface area contributed by atoms with Crippen LogP contribution in [0, 0.1) is 0 Å². The summed E-state index contributed by atoms with van der Waals surface area (Å²) < 4.78 is 33.3. The highest BCUT2D eigenvalue weighted by atomic mass is 31.2. The van der Waals surface area contributed by atoms with E-state index in [2.05, 4.69) is 63.2 Å². The van der Waals surface area contributed by atoms with E-state index in [1.807, 2.05) is 6.07 Å². The van der Waals surface area contributed by atoms with E-state index in [1.54, 1.807) is 10.8 Å². The first kappa shape index (κ1) is 34.1. The van der Waals surface area contributed by atoms with E-state index in [9.17, 15) is 4.79 Å². The van der Waals surface area contributed by atoms with Gasteiger partial charge in [-0.2, -0.15) is 4.98 Å². The van der Waals surface area contributed by atoms with Gasteiger partial charge in [-0.15, -0.1) is 0 Å². The Morgan fingerprint density at radius 3 is 2.23 bits per heavy atom. The third-order valence-electron chi connectivity index (χ3n) is 6.55. The predicted octanol–water partition coefficient (Wildman–Crippen LogP) is 5.04. The van der Waals surface area contributed by atoms with Crippen LogP contribution in [0.1, 0.15) is 79.9 Å². The fourth-order valence-electron chi connectivity index (χ4n) is 4.75. The zero-order valence-electron chi connectivity index (χ0n) is 25.3. The van der Waals surface area contributed by atoms with Gasteiger partial charge in [0.2, 0.25) is 0 Å². The number of rotatable bonds is 21. The molecule has 1 aliphatic rings. The monoisotopic (exact) mass is 572 g/mol. The molecular weight excluding hydrogens is 519 g/mol. The molecule has 10 nitrogen and oxygen atoms in total. The molecule has 0 radical (unpaired) electrons. The van der Waals surface area contributed by atoms with Gasteiger partial charge in [0, 0.05) is 44.5 Å². The second-order valence-corrected chi connectivity index (χ2v) is 12.0. The van der Waals surface area contributed by atoms with Gasteiger partial charge in [0.05, 0.1) is 38.6 Å². The van der Waals surface area contributed by atoms with E-state index in [1.165, 1.54) is 0 Å². The van der Waals surface area contributed by atoms with E-state index < -0.39 is 8.30 Å². The summed E-state index contributed by atoms with van der Waals surface area (Å²) in [4.78, 5) is 17.0. The third kappa shape index (κ3) is 12.1. The summed E-state index contributed by atoms with van der Waals surface area (Å²) in [7, 11) is -0.768. The van der Waals surface area contributed by atoms with Gasteiger partial charge >= 0.3 is 5.69 Å². The van der Waals surface area contributed by atoms with Gasteiger partial charge < -0.3 is 28.8 Å². The standard InChI is InChI=1S/C28H53N4O6P/c1-8-10-15-34-17-19-36-20-18-35-16-11-13-29-26-12-14-31(28(33)30-26)27-21-25(24(9-2)37-27)38-39(7)32(22(3)4)23(5)6/h12,14,22-25,27H,8-11,13,15-21H2,1-7H3,(H,29,30,33)/t24-,25-,27-,39?/m1/s1. The highest BCUT2D eigenvalue weighted by molar-refractivity contribution is 7.49. The molecule has 1 aromatic rings. The van der Waals surface area contributed by atoms with Gasteiger partial charge in [-0.05, 0) is 59.7 Å². The quantitative estimate of drug-likeness (QED) is 0.161. The molecule has 0 aromatic carbocycles. The normalized spacial score (nSPS) is 20.4. The smallest absolute Gasteiger partial charge is 0.351 e. The third-order valence-corrected chi connectivity index (χ3v) is 8.70. The topological polar surface area (TPSA) is 96.3 Å². The summed E-state index contributed by atoms with van der Waals surface area (Å²) in [6.07, 6.45) is 5.80. The van der Waals surface area contributed by atoms with Gasteiger partial charge in [-0.25, -0.2) is 4.79 Å². The molecule has 0 saturated carbocycles. The number of aromatic nitrogens is 2. The number of anilines is 1. The maximum atomic E-state index is 12.8. The molecule has 1 saturated heterocycles. The van der Waals surface area contributed by atoms with Crippen molar-refractivity contribution in [1.29, 1.82) is 0 Å². The minimum absolute atomic E-state index is 0.0460. The van der Waals surface area contributed by atoms with Crippen LogP contribution in [-0.2, 0) is 23.5 Å². The fourth-order valence-corrected chi connectivity index (χ4v) is 6.77. The van der Waals surface area contributed by atoms with Crippen molar-refractivity contribution in [2.45, 2.75) is 104 Å². The molecule has 39 heavy (non-hydrogen) atoms. The molecule has 226 valence electrons. The van der Waals surface area contributed by atoms with E-state index in [4.69, 9.17) is 23.5 Å². The molecular formula is C28H53N4O6P. The Bertz CT molecular complexity index is 835. The molecule has 4 atom stereocenters. The van der Waals surface area contributed by atoms with Crippen LogP contribution in [0.2, 0.25) is 0 Å². The van der Waals surface area contributed by atoms with Gasteiger partial charge in [0.15, 0.2) is 0 Å². The Labute approximate surface area is 237 Å². The average Bonchev–Trinajstić information content (AvgIpc) is 3.28. The molecule has 2 heterocycles. The van der Waals surface area contributed by atoms with Gasteiger partial charge in [0.25, 0.3) is 0 Å². The van der Waals surface area contributed by atoms with Crippen molar-refractivity contribution in [3.05, 3.63) is 22.7 Å². The number of nitrogens with zero attached hydrogens (tertiary/aromatic N) is 3. The zero-order valence-corrected chi connectivity index (χ0v) is 26.2. The Morgan fingerprint density at radius 2 is 1.67 bits per heavy atom. The Hall–Kier alpha value is -1.13. The molecule has 0 aliphatic carbocycles. The van der Waals surface area contributed by atoms with Gasteiger partial charge in [0.1, 0.15) is 20.3 Å². The van der Waals surface area contributed by atoms with Crippen LogP contribution < -0.4 is 11.0 Å². The zero-order chi connectivity index (χ0) is 28.6. The van der Waals surface area contributed by atoms with Crippen molar-refractivity contribution in [2.24, 2.45) is 0 Å². The molecule has 11 heteroatoms. The van der Waals surface area contributed by atoms with Crippen molar-refractivity contribution in [3.63, 3.8) is 0 Å². The average molecular weight is 573 g/mol. The minimum Gasteiger partial charge on any atom is -0.379 e. The SMILES string of the molecule is CCCCOCCOCCOCCCNc1ccn([C@H]2C[C@@H](OP(C)N(C(C)C)C(C)C)[C@@H](CC)O2)c(=O)n1. The number of ether oxygens (including phenoxy) is 4. The summed E-state index contributed by atoms with van der Waals surface area (Å²) in [5.74, 6) is 0.557. The molecule has 0 spiro atoms. The molecule has 0 amide bonds. The van der Waals surface area contributed by atoms with Crippen molar-refractivity contribution < 1.29 is 23.5 Å². The lowest BCUT2D eigenvalue weighted by atomic mass is 10.1. The molecule has 1 N–H and O–H groups in total. The first-order valence-electron chi connectivity index (χ1n) is 14.7. The van der Waals surface area contributed by atoms with Crippen molar-refractivity contribution >= 4 is 14.1 Å². The Balaban J connectivity index is 1.71. The van der Waals surface area contributed by atoms with Crippen LogP contribution in [0.3, 0.4) is 0 Å². The first-order chi connectivity index (χ1) is 18.8. The minimum atomic E-state index is -0.768. The van der Waals surface area contributed by atoms with Gasteiger partial charge in [-0.1, -0.05) is 20.3 Å². The Morgan fingerprint density at radius 1 is 1.05 bits per heavy atom. The number of unbranched alkanes of at least 4 members (excludes halogenated alkanes) is 1. The van der Waals surface area contributed by atoms with Crippen LogP contribution >= 0.6 is 8.30 Å². The van der Waals surface area contributed by atoms with E-state index in [-0.39, 0.29) is 24.1 Å². The fraction of sp³-hybridized carbons (Fsp3) is 0.857. The molecule has 1 fully saturated rings. The summed E-state index contributed by atoms with van der Waals surface area (Å²) in [6, 6.07) is 2.62. The molecule has 2 rings (SSSR count). The van der Waals surface area contributed by atoms with E-state index in [0.29, 0.717) is 63.9 Å². The van der Waals surface area contributed by atoms with Crippen LogP contribution in [0.15, 0.2) is 17.1 Å². The van der Waals surface area contributed by atoms with Crippen molar-refractivity contribution in [1.82, 2.24) is 14.2 Å². The second-order valence-electron chi connectivity index (χ2n) is 10.4. The molecule has 0 bridgehead atoms.